The Balaban J connectivity index is 1.17. The summed E-state index contributed by atoms with van der Waals surface area (Å²) in [6, 6.07) is 55.3. The number of hydrogen-bond donors (Lipinski definition) is 0. The molecule has 0 aliphatic heterocycles. The topological polar surface area (TPSA) is 3.24 Å². The quantitative estimate of drug-likeness (QED) is 0.199. The molecule has 0 saturated carbocycles. The second-order valence-corrected chi connectivity index (χ2v) is 13.1. The maximum atomic E-state index is 2.39. The molecule has 9 rings (SSSR count). The van der Waals surface area contributed by atoms with Gasteiger partial charge in [-0.2, -0.15) is 0 Å². The standard InChI is InChI=1S/C40H25NS2/c1-2-10-29(11-3-1)41(35-14-8-16-37-39(35)34-13-6-7-15-36(34)42-37)30-21-17-26(18-22-30)28-20-23-32-33-24-19-27-9-4-5-12-31(27)40(33)43-38(32)25-28/h1-25H. The van der Waals surface area contributed by atoms with Crippen LogP contribution in [-0.2, 0) is 0 Å². The van der Waals surface area contributed by atoms with Crippen LogP contribution in [0.3, 0.4) is 0 Å². The van der Waals surface area contributed by atoms with Crippen LogP contribution in [-0.4, -0.2) is 0 Å². The van der Waals surface area contributed by atoms with E-state index < -0.39 is 0 Å². The summed E-state index contributed by atoms with van der Waals surface area (Å²) in [5.41, 5.74) is 5.96. The van der Waals surface area contributed by atoms with E-state index in [-0.39, 0.29) is 0 Å². The van der Waals surface area contributed by atoms with E-state index in [2.05, 4.69) is 157 Å². The van der Waals surface area contributed by atoms with Gasteiger partial charge in [0.05, 0.1) is 5.69 Å². The Labute approximate surface area is 257 Å². The Morgan fingerprint density at radius 3 is 1.98 bits per heavy atom. The lowest BCUT2D eigenvalue weighted by Crippen LogP contribution is -2.10. The number of fused-ring (bicyclic) bond motifs is 8. The molecule has 0 fully saturated rings. The molecule has 3 heteroatoms. The monoisotopic (exact) mass is 583 g/mol. The molecule has 43 heavy (non-hydrogen) atoms. The highest BCUT2D eigenvalue weighted by Crippen LogP contribution is 2.45. The summed E-state index contributed by atoms with van der Waals surface area (Å²) in [5, 5.41) is 7.92. The second kappa shape index (κ2) is 9.81. The maximum Gasteiger partial charge on any atom is 0.0554 e. The van der Waals surface area contributed by atoms with Crippen LogP contribution in [0.5, 0.6) is 0 Å². The Kier molecular flexibility index (Phi) is 5.62. The molecule has 0 saturated heterocycles. The molecule has 0 aliphatic rings. The smallest absolute Gasteiger partial charge is 0.0554 e. The minimum Gasteiger partial charge on any atom is -0.310 e. The summed E-state index contributed by atoms with van der Waals surface area (Å²) < 4.78 is 5.32. The molecule has 1 nitrogen and oxygen atoms in total. The van der Waals surface area contributed by atoms with Crippen molar-refractivity contribution in [2.45, 2.75) is 0 Å². The maximum absolute atomic E-state index is 2.39. The molecule has 9 aromatic rings. The van der Waals surface area contributed by atoms with Gasteiger partial charge in [0, 0.05) is 51.7 Å². The van der Waals surface area contributed by atoms with Gasteiger partial charge in [-0.3, -0.25) is 0 Å². The van der Waals surface area contributed by atoms with E-state index in [9.17, 15) is 0 Å². The van der Waals surface area contributed by atoms with Crippen molar-refractivity contribution < 1.29 is 0 Å². The summed E-state index contributed by atoms with van der Waals surface area (Å²) in [5.74, 6) is 0. The van der Waals surface area contributed by atoms with Crippen LogP contribution < -0.4 is 4.90 Å². The average molecular weight is 584 g/mol. The SMILES string of the molecule is c1ccc(N(c2ccc(-c3ccc4c(c3)sc3c5ccccc5ccc43)cc2)c2cccc3sc4ccccc4c23)cc1. The van der Waals surface area contributed by atoms with Crippen molar-refractivity contribution in [1.82, 2.24) is 0 Å². The van der Waals surface area contributed by atoms with E-state index in [0.29, 0.717) is 0 Å². The molecule has 0 amide bonds. The molecule has 2 aromatic heterocycles. The van der Waals surface area contributed by atoms with Gasteiger partial charge in [-0.25, -0.2) is 0 Å². The van der Waals surface area contributed by atoms with Crippen LogP contribution in [0.25, 0.3) is 62.2 Å². The van der Waals surface area contributed by atoms with E-state index in [1.807, 2.05) is 22.7 Å². The van der Waals surface area contributed by atoms with Crippen molar-refractivity contribution >= 4 is 90.9 Å². The van der Waals surface area contributed by atoms with Crippen molar-refractivity contribution in [3.63, 3.8) is 0 Å². The number of benzene rings is 7. The predicted octanol–water partition coefficient (Wildman–Crippen LogP) is 12.7. The zero-order valence-electron chi connectivity index (χ0n) is 23.2. The van der Waals surface area contributed by atoms with Crippen LogP contribution in [0.15, 0.2) is 152 Å². The number of para-hydroxylation sites is 1. The highest BCUT2D eigenvalue weighted by atomic mass is 32.1. The van der Waals surface area contributed by atoms with Crippen LogP contribution >= 0.6 is 22.7 Å². The van der Waals surface area contributed by atoms with Crippen LogP contribution in [0, 0.1) is 0 Å². The van der Waals surface area contributed by atoms with Crippen molar-refractivity contribution in [2.24, 2.45) is 0 Å². The molecule has 0 bridgehead atoms. The van der Waals surface area contributed by atoms with E-state index >= 15 is 0 Å². The van der Waals surface area contributed by atoms with Gasteiger partial charge in [-0.15, -0.1) is 22.7 Å². The summed E-state index contributed by atoms with van der Waals surface area (Å²) in [4.78, 5) is 2.39. The van der Waals surface area contributed by atoms with E-state index in [1.54, 1.807) is 0 Å². The first-order valence-electron chi connectivity index (χ1n) is 14.5. The first kappa shape index (κ1) is 24.6. The predicted molar refractivity (Wildman–Crippen MR) is 190 cm³/mol. The van der Waals surface area contributed by atoms with Crippen LogP contribution in [0.1, 0.15) is 0 Å². The van der Waals surface area contributed by atoms with Gasteiger partial charge in [0.1, 0.15) is 0 Å². The lowest BCUT2D eigenvalue weighted by molar-refractivity contribution is 1.30. The Hall–Kier alpha value is -4.96. The fraction of sp³-hybridized carbons (Fsp3) is 0. The largest absolute Gasteiger partial charge is 0.310 e. The molecule has 2 heterocycles. The third-order valence-electron chi connectivity index (χ3n) is 8.46. The van der Waals surface area contributed by atoms with Gasteiger partial charge in [0.2, 0.25) is 0 Å². The van der Waals surface area contributed by atoms with Crippen LogP contribution in [0.2, 0.25) is 0 Å². The molecular formula is C40H25NS2. The number of nitrogens with zero attached hydrogens (tertiary/aromatic N) is 1. The molecule has 0 unspecified atom stereocenters. The average Bonchev–Trinajstić information content (AvgIpc) is 3.64. The van der Waals surface area contributed by atoms with Crippen molar-refractivity contribution in [1.29, 1.82) is 0 Å². The van der Waals surface area contributed by atoms with Crippen molar-refractivity contribution in [3.8, 4) is 11.1 Å². The van der Waals surface area contributed by atoms with Gasteiger partial charge in [0.25, 0.3) is 0 Å². The van der Waals surface area contributed by atoms with Gasteiger partial charge in [0.15, 0.2) is 0 Å². The first-order chi connectivity index (χ1) is 21.3. The Bertz CT molecular complexity index is 2450. The first-order valence-corrected chi connectivity index (χ1v) is 16.1. The Morgan fingerprint density at radius 2 is 1.09 bits per heavy atom. The van der Waals surface area contributed by atoms with E-state index in [4.69, 9.17) is 0 Å². The normalized spacial score (nSPS) is 11.7. The third-order valence-corrected chi connectivity index (χ3v) is 10.8. The highest BCUT2D eigenvalue weighted by molar-refractivity contribution is 7.27. The number of rotatable bonds is 4. The lowest BCUT2D eigenvalue weighted by Gasteiger charge is -2.26. The van der Waals surface area contributed by atoms with Gasteiger partial charge in [-0.1, -0.05) is 103 Å². The van der Waals surface area contributed by atoms with Gasteiger partial charge in [-0.05, 0) is 70.4 Å². The summed E-state index contributed by atoms with van der Waals surface area (Å²) in [6.45, 7) is 0. The fourth-order valence-electron chi connectivity index (χ4n) is 6.43. The summed E-state index contributed by atoms with van der Waals surface area (Å²) in [7, 11) is 0. The zero-order chi connectivity index (χ0) is 28.3. The van der Waals surface area contributed by atoms with Crippen molar-refractivity contribution in [2.75, 3.05) is 4.90 Å². The van der Waals surface area contributed by atoms with Gasteiger partial charge < -0.3 is 4.90 Å². The molecule has 7 aromatic carbocycles. The summed E-state index contributed by atoms with van der Waals surface area (Å²) >= 11 is 3.76. The van der Waals surface area contributed by atoms with Gasteiger partial charge >= 0.3 is 0 Å². The Morgan fingerprint density at radius 1 is 0.395 bits per heavy atom. The molecule has 202 valence electrons. The van der Waals surface area contributed by atoms with Crippen LogP contribution in [0.4, 0.5) is 17.1 Å². The highest BCUT2D eigenvalue weighted by Gasteiger charge is 2.18. The molecule has 0 N–H and O–H groups in total. The zero-order valence-corrected chi connectivity index (χ0v) is 24.8. The second-order valence-electron chi connectivity index (χ2n) is 10.9. The minimum atomic E-state index is 1.15. The third kappa shape index (κ3) is 3.97. The number of hydrogen-bond acceptors (Lipinski definition) is 3. The van der Waals surface area contributed by atoms with Crippen molar-refractivity contribution in [3.05, 3.63) is 152 Å². The fourth-order valence-corrected chi connectivity index (χ4v) is 8.84. The molecule has 0 aliphatic carbocycles. The van der Waals surface area contributed by atoms with E-state index in [0.717, 1.165) is 11.4 Å². The molecular weight excluding hydrogens is 559 g/mol. The van der Waals surface area contributed by atoms with E-state index in [1.165, 1.54) is 67.9 Å². The lowest BCUT2D eigenvalue weighted by atomic mass is 10.0. The summed E-state index contributed by atoms with van der Waals surface area (Å²) in [6.07, 6.45) is 0. The molecule has 0 atom stereocenters. The number of anilines is 3. The minimum absolute atomic E-state index is 1.15. The molecule has 0 spiro atoms. The number of thiophene rings is 2. The molecule has 0 radical (unpaired) electrons.